The van der Waals surface area contributed by atoms with Gasteiger partial charge in [0.2, 0.25) is 0 Å². The zero-order chi connectivity index (χ0) is 10.8. The van der Waals surface area contributed by atoms with Crippen molar-refractivity contribution in [1.82, 2.24) is 5.06 Å². The monoisotopic (exact) mass is 203 g/mol. The third kappa shape index (κ3) is 5.80. The summed E-state index contributed by atoms with van der Waals surface area (Å²) in [4.78, 5) is 16.6. The van der Waals surface area contributed by atoms with Gasteiger partial charge in [-0.2, -0.15) is 5.06 Å². The van der Waals surface area contributed by atoms with Gasteiger partial charge in [0.25, 0.3) is 0 Å². The molecule has 0 aliphatic rings. The van der Waals surface area contributed by atoms with E-state index in [0.717, 1.165) is 19.3 Å². The van der Waals surface area contributed by atoms with Crippen LogP contribution in [0.1, 0.15) is 40.0 Å². The lowest BCUT2D eigenvalue weighted by molar-refractivity contribution is -0.136. The van der Waals surface area contributed by atoms with Gasteiger partial charge in [0.1, 0.15) is 0 Å². The molecule has 0 aromatic rings. The Labute approximate surface area is 86.1 Å². The lowest BCUT2D eigenvalue weighted by Gasteiger charge is -2.20. The zero-order valence-corrected chi connectivity index (χ0v) is 9.41. The van der Waals surface area contributed by atoms with Gasteiger partial charge in [-0.05, 0) is 19.8 Å². The minimum atomic E-state index is -0.384. The SMILES string of the molecule is CCCCON(CCC)C(=O)OCC. The number of hydrogen-bond acceptors (Lipinski definition) is 3. The minimum absolute atomic E-state index is 0.384. The zero-order valence-electron chi connectivity index (χ0n) is 9.41. The predicted molar refractivity (Wildman–Crippen MR) is 54.9 cm³/mol. The number of carbonyl (C=O) groups is 1. The van der Waals surface area contributed by atoms with E-state index in [1.807, 2.05) is 6.92 Å². The van der Waals surface area contributed by atoms with Gasteiger partial charge < -0.3 is 4.74 Å². The van der Waals surface area contributed by atoms with Gasteiger partial charge >= 0.3 is 6.09 Å². The summed E-state index contributed by atoms with van der Waals surface area (Å²) in [5.74, 6) is 0. The summed E-state index contributed by atoms with van der Waals surface area (Å²) < 4.78 is 4.85. The van der Waals surface area contributed by atoms with Gasteiger partial charge in [0.05, 0.1) is 19.8 Å². The average molecular weight is 203 g/mol. The van der Waals surface area contributed by atoms with Gasteiger partial charge in [-0.15, -0.1) is 0 Å². The molecule has 14 heavy (non-hydrogen) atoms. The maximum Gasteiger partial charge on any atom is 0.433 e. The molecule has 0 spiro atoms. The highest BCUT2D eigenvalue weighted by Crippen LogP contribution is 1.99. The molecule has 0 aliphatic carbocycles. The van der Waals surface area contributed by atoms with Crippen LogP contribution in [0.25, 0.3) is 0 Å². The van der Waals surface area contributed by atoms with Crippen LogP contribution in [0.5, 0.6) is 0 Å². The van der Waals surface area contributed by atoms with Gasteiger partial charge in [-0.25, -0.2) is 4.79 Å². The van der Waals surface area contributed by atoms with Crippen molar-refractivity contribution in [3.8, 4) is 0 Å². The standard InChI is InChI=1S/C10H21NO3/c1-4-7-9-14-11(8-5-2)10(12)13-6-3/h4-9H2,1-3H3. The van der Waals surface area contributed by atoms with E-state index in [-0.39, 0.29) is 6.09 Å². The molecule has 0 saturated carbocycles. The van der Waals surface area contributed by atoms with Crippen molar-refractivity contribution in [3.63, 3.8) is 0 Å². The topological polar surface area (TPSA) is 38.8 Å². The molecule has 0 fully saturated rings. The Morgan fingerprint density at radius 3 is 2.43 bits per heavy atom. The first-order chi connectivity index (χ1) is 6.76. The first kappa shape index (κ1) is 13.2. The number of rotatable bonds is 7. The van der Waals surface area contributed by atoms with Crippen molar-refractivity contribution in [3.05, 3.63) is 0 Å². The third-order valence-corrected chi connectivity index (χ3v) is 1.64. The van der Waals surface area contributed by atoms with E-state index in [4.69, 9.17) is 9.57 Å². The molecule has 0 aliphatic heterocycles. The lowest BCUT2D eigenvalue weighted by Crippen LogP contribution is -2.32. The molecule has 0 radical (unpaired) electrons. The summed E-state index contributed by atoms with van der Waals surface area (Å²) in [7, 11) is 0. The van der Waals surface area contributed by atoms with Gasteiger partial charge in [-0.1, -0.05) is 20.3 Å². The highest BCUT2D eigenvalue weighted by atomic mass is 16.7. The molecule has 4 heteroatoms. The van der Waals surface area contributed by atoms with Crippen molar-refractivity contribution in [2.24, 2.45) is 0 Å². The van der Waals surface area contributed by atoms with Crippen molar-refractivity contribution in [2.45, 2.75) is 40.0 Å². The van der Waals surface area contributed by atoms with Crippen molar-refractivity contribution >= 4 is 6.09 Å². The van der Waals surface area contributed by atoms with Crippen molar-refractivity contribution in [1.29, 1.82) is 0 Å². The molecule has 0 aromatic carbocycles. The second-order valence-corrected chi connectivity index (χ2v) is 2.99. The second-order valence-electron chi connectivity index (χ2n) is 2.99. The fourth-order valence-corrected chi connectivity index (χ4v) is 0.926. The van der Waals surface area contributed by atoms with Crippen LogP contribution < -0.4 is 0 Å². The van der Waals surface area contributed by atoms with E-state index >= 15 is 0 Å². The minimum Gasteiger partial charge on any atom is -0.448 e. The van der Waals surface area contributed by atoms with E-state index < -0.39 is 0 Å². The molecule has 84 valence electrons. The Hall–Kier alpha value is -0.770. The lowest BCUT2D eigenvalue weighted by atomic mass is 10.4. The maximum absolute atomic E-state index is 11.3. The van der Waals surface area contributed by atoms with Crippen LogP contribution in [-0.2, 0) is 9.57 Å². The number of unbranched alkanes of at least 4 members (excludes halogenated alkanes) is 1. The molecule has 0 rings (SSSR count). The molecule has 0 unspecified atom stereocenters. The van der Waals surface area contributed by atoms with Crippen molar-refractivity contribution in [2.75, 3.05) is 19.8 Å². The van der Waals surface area contributed by atoms with Crippen LogP contribution in [0.2, 0.25) is 0 Å². The Kier molecular flexibility index (Phi) is 8.33. The number of hydroxylamine groups is 2. The summed E-state index contributed by atoms with van der Waals surface area (Å²) in [6.07, 6.45) is 2.50. The second kappa shape index (κ2) is 8.81. The van der Waals surface area contributed by atoms with Crippen LogP contribution >= 0.6 is 0 Å². The van der Waals surface area contributed by atoms with Crippen LogP contribution in [0.15, 0.2) is 0 Å². The quantitative estimate of drug-likeness (QED) is 0.471. The molecule has 1 amide bonds. The van der Waals surface area contributed by atoms with Crippen molar-refractivity contribution < 1.29 is 14.4 Å². The number of nitrogens with zero attached hydrogens (tertiary/aromatic N) is 1. The summed E-state index contributed by atoms with van der Waals surface area (Å²) >= 11 is 0. The summed E-state index contributed by atoms with van der Waals surface area (Å²) in [5.41, 5.74) is 0. The number of carbonyl (C=O) groups excluding carboxylic acids is 1. The summed E-state index contributed by atoms with van der Waals surface area (Å²) in [6.45, 7) is 7.41. The first-order valence-electron chi connectivity index (χ1n) is 5.33. The average Bonchev–Trinajstić information content (AvgIpc) is 2.17. The molecular formula is C10H21NO3. The van der Waals surface area contributed by atoms with E-state index in [1.54, 1.807) is 6.92 Å². The Bertz CT molecular complexity index is 150. The normalized spacial score (nSPS) is 9.93. The molecular weight excluding hydrogens is 182 g/mol. The van der Waals surface area contributed by atoms with Crippen LogP contribution in [0, 0.1) is 0 Å². The van der Waals surface area contributed by atoms with Gasteiger partial charge in [0.15, 0.2) is 0 Å². The Morgan fingerprint density at radius 2 is 1.93 bits per heavy atom. The molecule has 0 saturated heterocycles. The molecule has 4 nitrogen and oxygen atoms in total. The smallest absolute Gasteiger partial charge is 0.433 e. The summed E-state index contributed by atoms with van der Waals surface area (Å²) in [5, 5.41) is 1.30. The number of ether oxygens (including phenoxy) is 1. The first-order valence-corrected chi connectivity index (χ1v) is 5.33. The fraction of sp³-hybridized carbons (Fsp3) is 0.900. The van der Waals surface area contributed by atoms with Crippen LogP contribution in [-0.4, -0.2) is 30.9 Å². The van der Waals surface area contributed by atoms with Gasteiger partial charge in [0, 0.05) is 0 Å². The molecule has 0 N–H and O–H groups in total. The van der Waals surface area contributed by atoms with E-state index in [9.17, 15) is 4.79 Å². The highest BCUT2D eigenvalue weighted by Gasteiger charge is 2.13. The summed E-state index contributed by atoms with van der Waals surface area (Å²) in [6, 6.07) is 0. The van der Waals surface area contributed by atoms with Gasteiger partial charge in [-0.3, -0.25) is 4.84 Å². The molecule has 0 aromatic heterocycles. The molecule has 0 bridgehead atoms. The van der Waals surface area contributed by atoms with E-state index in [1.165, 1.54) is 5.06 Å². The van der Waals surface area contributed by atoms with Crippen LogP contribution in [0.4, 0.5) is 4.79 Å². The Morgan fingerprint density at radius 1 is 1.21 bits per heavy atom. The highest BCUT2D eigenvalue weighted by molar-refractivity contribution is 5.66. The maximum atomic E-state index is 11.3. The number of amides is 1. The van der Waals surface area contributed by atoms with E-state index in [0.29, 0.717) is 19.8 Å². The largest absolute Gasteiger partial charge is 0.448 e. The molecule has 0 heterocycles. The van der Waals surface area contributed by atoms with Crippen LogP contribution in [0.3, 0.4) is 0 Å². The third-order valence-electron chi connectivity index (χ3n) is 1.64. The molecule has 0 atom stereocenters. The fourth-order valence-electron chi connectivity index (χ4n) is 0.926. The Balaban J connectivity index is 3.81. The van der Waals surface area contributed by atoms with E-state index in [2.05, 4.69) is 6.92 Å². The predicted octanol–water partition coefficient (Wildman–Crippen LogP) is 2.59. The number of hydrogen-bond donors (Lipinski definition) is 0.